The van der Waals surface area contributed by atoms with Crippen LogP contribution in [0.1, 0.15) is 41.1 Å². The second-order valence-electron chi connectivity index (χ2n) is 8.02. The second kappa shape index (κ2) is 8.76. The summed E-state index contributed by atoms with van der Waals surface area (Å²) in [7, 11) is 0. The summed E-state index contributed by atoms with van der Waals surface area (Å²) in [6.45, 7) is 4.12. The largest absolute Gasteiger partial charge is 0.365 e. The Morgan fingerprint density at radius 3 is 2.84 bits per heavy atom. The molecule has 4 heterocycles. The van der Waals surface area contributed by atoms with E-state index in [1.54, 1.807) is 16.9 Å². The Hall–Kier alpha value is -3.78. The average molecular weight is 437 g/mol. The Morgan fingerprint density at radius 2 is 2.22 bits per heavy atom. The van der Waals surface area contributed by atoms with Crippen molar-refractivity contribution in [1.82, 2.24) is 29.6 Å². The monoisotopic (exact) mass is 437 g/mol. The molecule has 3 aromatic heterocycles. The molecule has 4 rings (SSSR count). The van der Waals surface area contributed by atoms with E-state index in [4.69, 9.17) is 5.73 Å². The van der Waals surface area contributed by atoms with Gasteiger partial charge < -0.3 is 16.0 Å². The van der Waals surface area contributed by atoms with Crippen molar-refractivity contribution >= 4 is 17.4 Å². The number of nitriles is 1. The van der Waals surface area contributed by atoms with Gasteiger partial charge in [-0.05, 0) is 25.8 Å². The third-order valence-corrected chi connectivity index (χ3v) is 5.78. The van der Waals surface area contributed by atoms with E-state index in [2.05, 4.69) is 36.3 Å². The van der Waals surface area contributed by atoms with Gasteiger partial charge in [-0.3, -0.25) is 14.4 Å². The van der Waals surface area contributed by atoms with Gasteiger partial charge in [0.25, 0.3) is 5.91 Å². The minimum atomic E-state index is -0.661. The SMILES string of the molecule is Cc1c[nH]c(CN2CCC(CC#N)(n3cc(C(N)=O)c(Nc4ccnc(F)c4)n3)CC2)n1. The summed E-state index contributed by atoms with van der Waals surface area (Å²) in [5, 5.41) is 17.0. The number of aromatic nitrogens is 5. The third kappa shape index (κ3) is 4.45. The number of aromatic amines is 1. The Morgan fingerprint density at radius 1 is 1.44 bits per heavy atom. The van der Waals surface area contributed by atoms with Crippen LogP contribution >= 0.6 is 0 Å². The number of amides is 1. The zero-order chi connectivity index (χ0) is 22.7. The number of carbonyl (C=O) groups excluding carboxylic acids is 1. The zero-order valence-electron chi connectivity index (χ0n) is 17.7. The predicted octanol–water partition coefficient (Wildman–Crippen LogP) is 2.20. The van der Waals surface area contributed by atoms with E-state index < -0.39 is 17.4 Å². The summed E-state index contributed by atoms with van der Waals surface area (Å²) in [6.07, 6.45) is 6.34. The van der Waals surface area contributed by atoms with E-state index in [0.717, 1.165) is 24.6 Å². The van der Waals surface area contributed by atoms with Gasteiger partial charge in [0.1, 0.15) is 11.4 Å². The molecule has 11 heteroatoms. The van der Waals surface area contributed by atoms with Gasteiger partial charge in [-0.25, -0.2) is 9.97 Å². The number of hydrogen-bond acceptors (Lipinski definition) is 7. The fourth-order valence-electron chi connectivity index (χ4n) is 4.03. The molecule has 3 aromatic rings. The molecule has 0 spiro atoms. The van der Waals surface area contributed by atoms with Crippen LogP contribution in [0.3, 0.4) is 0 Å². The lowest BCUT2D eigenvalue weighted by Crippen LogP contribution is -2.46. The molecule has 0 radical (unpaired) electrons. The molecule has 0 atom stereocenters. The molecule has 1 saturated heterocycles. The molecule has 0 aliphatic carbocycles. The van der Waals surface area contributed by atoms with Gasteiger partial charge in [0.05, 0.1) is 30.3 Å². The number of piperidine rings is 1. The summed E-state index contributed by atoms with van der Waals surface area (Å²) >= 11 is 0. The lowest BCUT2D eigenvalue weighted by molar-refractivity contribution is 0.0954. The smallest absolute Gasteiger partial charge is 0.254 e. The molecular weight excluding hydrogens is 413 g/mol. The first-order valence-corrected chi connectivity index (χ1v) is 10.3. The number of nitrogens with one attached hydrogen (secondary N) is 2. The Balaban J connectivity index is 1.57. The fourth-order valence-corrected chi connectivity index (χ4v) is 4.03. The number of carbonyl (C=O) groups is 1. The molecule has 0 saturated carbocycles. The lowest BCUT2D eigenvalue weighted by atomic mass is 9.85. The Labute approximate surface area is 184 Å². The van der Waals surface area contributed by atoms with Gasteiger partial charge in [-0.15, -0.1) is 0 Å². The van der Waals surface area contributed by atoms with Gasteiger partial charge >= 0.3 is 0 Å². The number of primary amides is 1. The maximum Gasteiger partial charge on any atom is 0.254 e. The molecule has 166 valence electrons. The van der Waals surface area contributed by atoms with Crippen LogP contribution in [0.15, 0.2) is 30.7 Å². The summed E-state index contributed by atoms with van der Waals surface area (Å²) in [6, 6.07) is 5.03. The minimum absolute atomic E-state index is 0.174. The van der Waals surface area contributed by atoms with E-state index in [-0.39, 0.29) is 17.8 Å². The third-order valence-electron chi connectivity index (χ3n) is 5.78. The van der Waals surface area contributed by atoms with Crippen molar-refractivity contribution in [3.63, 3.8) is 0 Å². The van der Waals surface area contributed by atoms with Crippen molar-refractivity contribution in [1.29, 1.82) is 5.26 Å². The Kier molecular flexibility index (Phi) is 5.87. The van der Waals surface area contributed by atoms with Gasteiger partial charge in [0.2, 0.25) is 5.95 Å². The van der Waals surface area contributed by atoms with Crippen LogP contribution in [0, 0.1) is 24.2 Å². The van der Waals surface area contributed by atoms with Crippen LogP contribution in [0.5, 0.6) is 0 Å². The summed E-state index contributed by atoms with van der Waals surface area (Å²) in [5.74, 6) is -0.198. The van der Waals surface area contributed by atoms with E-state index in [1.165, 1.54) is 12.3 Å². The number of pyridine rings is 1. The topological polar surface area (TPSA) is 142 Å². The number of likely N-dealkylation sites (tertiary alicyclic amines) is 1. The number of hydrogen-bond donors (Lipinski definition) is 3. The highest BCUT2D eigenvalue weighted by Crippen LogP contribution is 2.35. The molecule has 10 nitrogen and oxygen atoms in total. The van der Waals surface area contributed by atoms with Crippen molar-refractivity contribution in [2.45, 2.75) is 38.3 Å². The average Bonchev–Trinajstić information content (AvgIpc) is 3.36. The number of imidazole rings is 1. The summed E-state index contributed by atoms with van der Waals surface area (Å²) in [4.78, 5) is 25.5. The summed E-state index contributed by atoms with van der Waals surface area (Å²) < 4.78 is 15.1. The zero-order valence-corrected chi connectivity index (χ0v) is 17.7. The first kappa shape index (κ1) is 21.5. The maximum atomic E-state index is 13.5. The molecule has 4 N–H and O–H groups in total. The number of halogens is 1. The van der Waals surface area contributed by atoms with Crippen LogP contribution in [0.2, 0.25) is 0 Å². The number of rotatable bonds is 7. The van der Waals surface area contributed by atoms with E-state index in [9.17, 15) is 14.4 Å². The highest BCUT2D eigenvalue weighted by Gasteiger charge is 2.38. The normalized spacial score (nSPS) is 15.9. The molecular formula is C21H24FN9O. The number of H-pyrrole nitrogens is 1. The van der Waals surface area contributed by atoms with E-state index in [0.29, 0.717) is 25.1 Å². The number of aryl methyl sites for hydroxylation is 1. The highest BCUT2D eigenvalue weighted by molar-refractivity contribution is 5.98. The standard InChI is InChI=1S/C21H24FN9O/c1-14-11-26-18(27-14)13-30-8-4-21(3-6-23,5-9-30)31-12-16(19(24)32)20(29-31)28-15-2-7-25-17(22)10-15/h2,7,10-12H,3-5,8-9,13H2,1H3,(H2,24,32)(H,26,27)(H,25,28,29). The Bertz CT molecular complexity index is 1150. The number of nitrogens with two attached hydrogens (primary N) is 1. The van der Waals surface area contributed by atoms with E-state index in [1.807, 2.05) is 13.1 Å². The van der Waals surface area contributed by atoms with Crippen LogP contribution in [0.25, 0.3) is 0 Å². The van der Waals surface area contributed by atoms with Crippen molar-refractivity contribution in [3.05, 3.63) is 53.8 Å². The quantitative estimate of drug-likeness (QED) is 0.481. The first-order chi connectivity index (χ1) is 15.4. The number of anilines is 2. The van der Waals surface area contributed by atoms with Crippen molar-refractivity contribution < 1.29 is 9.18 Å². The van der Waals surface area contributed by atoms with Crippen LogP contribution in [-0.2, 0) is 12.1 Å². The summed E-state index contributed by atoms with van der Waals surface area (Å²) in [5.41, 5.74) is 6.51. The molecule has 1 amide bonds. The van der Waals surface area contributed by atoms with Crippen molar-refractivity contribution in [2.75, 3.05) is 18.4 Å². The van der Waals surface area contributed by atoms with Gasteiger partial charge in [-0.1, -0.05) is 0 Å². The van der Waals surface area contributed by atoms with Crippen LogP contribution < -0.4 is 11.1 Å². The number of nitrogens with zero attached hydrogens (tertiary/aromatic N) is 6. The maximum absolute atomic E-state index is 13.5. The second-order valence-corrected chi connectivity index (χ2v) is 8.02. The molecule has 0 aromatic carbocycles. The highest BCUT2D eigenvalue weighted by atomic mass is 19.1. The van der Waals surface area contributed by atoms with Crippen molar-refractivity contribution in [3.8, 4) is 6.07 Å². The molecule has 1 aliphatic rings. The first-order valence-electron chi connectivity index (χ1n) is 10.3. The molecule has 1 fully saturated rings. The molecule has 0 bridgehead atoms. The lowest BCUT2D eigenvalue weighted by Gasteiger charge is -2.40. The van der Waals surface area contributed by atoms with Crippen molar-refractivity contribution in [2.24, 2.45) is 5.73 Å². The van der Waals surface area contributed by atoms with Gasteiger partial charge in [0, 0.05) is 43.4 Å². The van der Waals surface area contributed by atoms with E-state index >= 15 is 0 Å². The van der Waals surface area contributed by atoms with Gasteiger partial charge in [-0.2, -0.15) is 14.8 Å². The van der Waals surface area contributed by atoms with Crippen LogP contribution in [-0.4, -0.2) is 48.6 Å². The molecule has 1 aliphatic heterocycles. The molecule has 32 heavy (non-hydrogen) atoms. The van der Waals surface area contributed by atoms with Gasteiger partial charge in [0.15, 0.2) is 5.82 Å². The van der Waals surface area contributed by atoms with Crippen LogP contribution in [0.4, 0.5) is 15.9 Å². The molecule has 0 unspecified atom stereocenters. The predicted molar refractivity (Wildman–Crippen MR) is 114 cm³/mol. The fraction of sp³-hybridized carbons (Fsp3) is 0.381. The minimum Gasteiger partial charge on any atom is -0.365 e.